The topological polar surface area (TPSA) is 86.8 Å². The van der Waals surface area contributed by atoms with Gasteiger partial charge in [0.15, 0.2) is 0 Å². The fraction of sp³-hybridized carbons (Fsp3) is 0.440. The van der Waals surface area contributed by atoms with Crippen molar-refractivity contribution in [1.82, 2.24) is 10.2 Å². The van der Waals surface area contributed by atoms with Crippen LogP contribution in [0.3, 0.4) is 0 Å². The lowest BCUT2D eigenvalue weighted by Crippen LogP contribution is -2.53. The molecule has 0 bridgehead atoms. The minimum atomic E-state index is -3.79. The molecule has 1 aliphatic carbocycles. The number of rotatable bonds is 10. The van der Waals surface area contributed by atoms with E-state index in [2.05, 4.69) is 27.9 Å². The van der Waals surface area contributed by atoms with Gasteiger partial charge in [0.25, 0.3) is 0 Å². The zero-order valence-electron chi connectivity index (χ0n) is 20.2. The summed E-state index contributed by atoms with van der Waals surface area (Å²) in [4.78, 5) is 28.5. The lowest BCUT2D eigenvalue weighted by molar-refractivity contribution is -0.140. The summed E-state index contributed by atoms with van der Waals surface area (Å²) in [7, 11) is -3.79. The molecule has 2 aromatic carbocycles. The van der Waals surface area contributed by atoms with Crippen LogP contribution in [0.25, 0.3) is 0 Å². The van der Waals surface area contributed by atoms with Crippen LogP contribution in [0.4, 0.5) is 5.69 Å². The lowest BCUT2D eigenvalue weighted by Gasteiger charge is -2.33. The van der Waals surface area contributed by atoms with E-state index >= 15 is 0 Å². The highest BCUT2D eigenvalue weighted by Crippen LogP contribution is 2.28. The van der Waals surface area contributed by atoms with Crippen LogP contribution in [0.15, 0.2) is 42.5 Å². The summed E-state index contributed by atoms with van der Waals surface area (Å²) in [6, 6.07) is 11.1. The zero-order valence-corrected chi connectivity index (χ0v) is 24.7. The van der Waals surface area contributed by atoms with Crippen molar-refractivity contribution in [1.29, 1.82) is 0 Å². The largest absolute Gasteiger partial charge is 0.352 e. The van der Waals surface area contributed by atoms with Crippen LogP contribution in [0.5, 0.6) is 0 Å². The molecule has 2 aromatic rings. The number of carbonyl (C=O) groups excluding carboxylic acids is 2. The van der Waals surface area contributed by atoms with Crippen LogP contribution in [-0.2, 0) is 26.2 Å². The van der Waals surface area contributed by atoms with Crippen LogP contribution in [0.1, 0.15) is 44.6 Å². The molecule has 3 rings (SSSR count). The zero-order chi connectivity index (χ0) is 26.5. The minimum absolute atomic E-state index is 0.0295. The molecule has 11 heteroatoms. The van der Waals surface area contributed by atoms with Crippen molar-refractivity contribution in [3.63, 3.8) is 0 Å². The summed E-state index contributed by atoms with van der Waals surface area (Å²) in [5.74, 6) is -0.788. The molecule has 0 aliphatic heterocycles. The normalized spacial score (nSPS) is 14.9. The van der Waals surface area contributed by atoms with E-state index in [1.54, 1.807) is 42.5 Å². The number of hydrogen-bond acceptors (Lipinski definition) is 4. The number of sulfonamides is 1. The van der Waals surface area contributed by atoms with Gasteiger partial charge < -0.3 is 10.2 Å². The third kappa shape index (κ3) is 7.49. The van der Waals surface area contributed by atoms with Crippen LogP contribution >= 0.6 is 45.8 Å². The predicted molar refractivity (Wildman–Crippen MR) is 153 cm³/mol. The van der Waals surface area contributed by atoms with Crippen LogP contribution in [-0.4, -0.2) is 50.0 Å². The number of amides is 2. The standard InChI is InChI=1S/C25H30Cl2IN3O4S/c1-3-23(25(33)29-18-7-4-5-8-18)30(15-20-21(26)9-6-10-22(20)27)24(32)16-31(36(2,34)35)19-13-11-17(28)12-14-19/h6,9-14,18,23H,3-5,7-8,15-16H2,1-2H3,(H,29,33)/t23-/m0/s1. The van der Waals surface area contributed by atoms with E-state index in [1.165, 1.54) is 4.90 Å². The second-order valence-electron chi connectivity index (χ2n) is 8.88. The van der Waals surface area contributed by atoms with E-state index in [0.29, 0.717) is 27.7 Å². The molecule has 2 amide bonds. The summed E-state index contributed by atoms with van der Waals surface area (Å²) < 4.78 is 27.3. The van der Waals surface area contributed by atoms with Gasteiger partial charge in [0.05, 0.1) is 11.9 Å². The molecule has 196 valence electrons. The smallest absolute Gasteiger partial charge is 0.244 e. The van der Waals surface area contributed by atoms with Crippen LogP contribution < -0.4 is 9.62 Å². The first-order valence-electron chi connectivity index (χ1n) is 11.8. The Morgan fingerprint density at radius 1 is 1.08 bits per heavy atom. The fourth-order valence-corrected chi connectivity index (χ4v) is 6.09. The molecule has 0 aromatic heterocycles. The number of carbonyl (C=O) groups is 2. The Bertz CT molecular complexity index is 1170. The fourth-order valence-electron chi connectivity index (χ4n) is 4.36. The highest BCUT2D eigenvalue weighted by molar-refractivity contribution is 14.1. The third-order valence-corrected chi connectivity index (χ3v) is 8.84. The summed E-state index contributed by atoms with van der Waals surface area (Å²) in [5.41, 5.74) is 0.868. The van der Waals surface area contributed by atoms with E-state index in [0.717, 1.165) is 39.8 Å². The van der Waals surface area contributed by atoms with Crippen molar-refractivity contribution < 1.29 is 18.0 Å². The van der Waals surface area contributed by atoms with Crippen molar-refractivity contribution in [2.75, 3.05) is 17.1 Å². The number of halogens is 3. The Labute approximate surface area is 236 Å². The number of anilines is 1. The third-order valence-electron chi connectivity index (χ3n) is 6.27. The number of nitrogens with zero attached hydrogens (tertiary/aromatic N) is 2. The maximum Gasteiger partial charge on any atom is 0.244 e. The van der Waals surface area contributed by atoms with Crippen molar-refractivity contribution >= 4 is 73.3 Å². The summed E-state index contributed by atoms with van der Waals surface area (Å²) in [5, 5.41) is 3.80. The average molecular weight is 666 g/mol. The van der Waals surface area contributed by atoms with Crippen molar-refractivity contribution in [3.8, 4) is 0 Å². The van der Waals surface area contributed by atoms with Gasteiger partial charge in [-0.05, 0) is 78.3 Å². The second kappa shape index (κ2) is 12.8. The Hall–Kier alpha value is -1.56. The number of benzene rings is 2. The SMILES string of the molecule is CC[C@@H](C(=O)NC1CCCC1)N(Cc1c(Cl)cccc1Cl)C(=O)CN(c1ccc(I)cc1)S(C)(=O)=O. The molecule has 1 aliphatic rings. The van der Waals surface area contributed by atoms with Gasteiger partial charge >= 0.3 is 0 Å². The molecule has 1 fully saturated rings. The highest BCUT2D eigenvalue weighted by Gasteiger charge is 2.33. The maximum atomic E-state index is 13.8. The molecule has 7 nitrogen and oxygen atoms in total. The molecule has 0 radical (unpaired) electrons. The second-order valence-corrected chi connectivity index (χ2v) is 12.8. The lowest BCUT2D eigenvalue weighted by atomic mass is 10.1. The Balaban J connectivity index is 1.96. The Morgan fingerprint density at radius 2 is 1.67 bits per heavy atom. The molecular weight excluding hydrogens is 636 g/mol. The van der Waals surface area contributed by atoms with Gasteiger partial charge in [0, 0.05) is 31.8 Å². The van der Waals surface area contributed by atoms with Gasteiger partial charge in [-0.1, -0.05) is 49.0 Å². The molecule has 1 saturated carbocycles. The quantitative estimate of drug-likeness (QED) is 0.352. The Morgan fingerprint density at radius 3 is 2.19 bits per heavy atom. The summed E-state index contributed by atoms with van der Waals surface area (Å²) >= 11 is 14.9. The first kappa shape index (κ1) is 29.0. The molecule has 36 heavy (non-hydrogen) atoms. The van der Waals surface area contributed by atoms with Gasteiger partial charge in [-0.2, -0.15) is 0 Å². The van der Waals surface area contributed by atoms with E-state index in [-0.39, 0.29) is 18.5 Å². The highest BCUT2D eigenvalue weighted by atomic mass is 127. The van der Waals surface area contributed by atoms with Gasteiger partial charge in [0.1, 0.15) is 12.6 Å². The van der Waals surface area contributed by atoms with E-state index in [1.807, 2.05) is 6.92 Å². The van der Waals surface area contributed by atoms with Gasteiger partial charge in [-0.25, -0.2) is 8.42 Å². The molecular formula is C25H30Cl2IN3O4S. The minimum Gasteiger partial charge on any atom is -0.352 e. The first-order chi connectivity index (χ1) is 17.0. The molecule has 1 atom stereocenters. The predicted octanol–water partition coefficient (Wildman–Crippen LogP) is 5.23. The Kier molecular flexibility index (Phi) is 10.3. The van der Waals surface area contributed by atoms with Gasteiger partial charge in [0.2, 0.25) is 21.8 Å². The molecule has 0 spiro atoms. The molecule has 0 saturated heterocycles. The van der Waals surface area contributed by atoms with E-state index in [9.17, 15) is 18.0 Å². The first-order valence-corrected chi connectivity index (χ1v) is 15.5. The van der Waals surface area contributed by atoms with Crippen molar-refractivity contribution in [2.45, 2.75) is 57.7 Å². The molecule has 0 unspecified atom stereocenters. The van der Waals surface area contributed by atoms with Gasteiger partial charge in [-0.3, -0.25) is 13.9 Å². The summed E-state index contributed by atoms with van der Waals surface area (Å²) in [6.07, 6.45) is 5.31. The van der Waals surface area contributed by atoms with Gasteiger partial charge in [-0.15, -0.1) is 0 Å². The van der Waals surface area contributed by atoms with Crippen molar-refractivity contribution in [3.05, 3.63) is 61.6 Å². The summed E-state index contributed by atoms with van der Waals surface area (Å²) in [6.45, 7) is 1.33. The van der Waals surface area contributed by atoms with Crippen molar-refractivity contribution in [2.24, 2.45) is 0 Å². The van der Waals surface area contributed by atoms with Crippen LogP contribution in [0, 0.1) is 3.57 Å². The number of nitrogens with one attached hydrogen (secondary N) is 1. The maximum absolute atomic E-state index is 13.8. The number of hydrogen-bond donors (Lipinski definition) is 1. The van der Waals surface area contributed by atoms with E-state index in [4.69, 9.17) is 23.2 Å². The molecule has 0 heterocycles. The average Bonchev–Trinajstić information content (AvgIpc) is 3.32. The monoisotopic (exact) mass is 665 g/mol. The van der Waals surface area contributed by atoms with E-state index < -0.39 is 28.5 Å². The van der Waals surface area contributed by atoms with Crippen LogP contribution in [0.2, 0.25) is 10.0 Å². The molecule has 1 N–H and O–H groups in total.